The topological polar surface area (TPSA) is 54.0 Å². The zero-order chi connectivity index (χ0) is 12.7. The van der Waals surface area contributed by atoms with Crippen LogP contribution in [0.1, 0.15) is 20.3 Å². The van der Waals surface area contributed by atoms with E-state index in [0.717, 1.165) is 24.3 Å². The van der Waals surface area contributed by atoms with Crippen molar-refractivity contribution in [1.29, 1.82) is 0 Å². The molecule has 1 rings (SSSR count). The van der Waals surface area contributed by atoms with Crippen molar-refractivity contribution < 1.29 is 4.21 Å². The van der Waals surface area contributed by atoms with Crippen LogP contribution >= 0.6 is 0 Å². The van der Waals surface area contributed by atoms with E-state index in [1.807, 2.05) is 19.2 Å². The van der Waals surface area contributed by atoms with E-state index in [2.05, 4.69) is 22.5 Å². The molecular weight excluding hydrogens is 234 g/mol. The van der Waals surface area contributed by atoms with Gasteiger partial charge < -0.3 is 10.6 Å². The molecule has 2 unspecified atom stereocenters. The lowest BCUT2D eigenvalue weighted by molar-refractivity contribution is 0.679. The van der Waals surface area contributed by atoms with Gasteiger partial charge in [-0.1, -0.05) is 6.92 Å². The fourth-order valence-electron chi connectivity index (χ4n) is 1.28. The molecule has 4 nitrogen and oxygen atoms in total. The average Bonchev–Trinajstić information content (AvgIpc) is 2.33. The fourth-order valence-corrected chi connectivity index (χ4v) is 1.60. The van der Waals surface area contributed by atoms with E-state index in [1.165, 1.54) is 0 Å². The molecule has 0 aliphatic carbocycles. The Balaban J connectivity index is 2.50. The van der Waals surface area contributed by atoms with Gasteiger partial charge in [0.15, 0.2) is 0 Å². The molecule has 0 aliphatic heterocycles. The third-order valence-electron chi connectivity index (χ3n) is 2.48. The number of pyridine rings is 1. The summed E-state index contributed by atoms with van der Waals surface area (Å²) in [5, 5.41) is 6.67. The van der Waals surface area contributed by atoms with Gasteiger partial charge in [-0.05, 0) is 19.4 Å². The number of hydrogen-bond donors (Lipinski definition) is 2. The van der Waals surface area contributed by atoms with Crippen LogP contribution in [0.2, 0.25) is 0 Å². The van der Waals surface area contributed by atoms with E-state index < -0.39 is 10.8 Å². The van der Waals surface area contributed by atoms with Gasteiger partial charge in [0.25, 0.3) is 0 Å². The predicted octanol–water partition coefficient (Wildman–Crippen LogP) is 2.08. The molecule has 1 heterocycles. The van der Waals surface area contributed by atoms with E-state index in [1.54, 1.807) is 12.5 Å². The summed E-state index contributed by atoms with van der Waals surface area (Å²) in [6.07, 6.45) is 6.40. The lowest BCUT2D eigenvalue weighted by Gasteiger charge is -2.12. The zero-order valence-corrected chi connectivity index (χ0v) is 11.5. The van der Waals surface area contributed by atoms with Gasteiger partial charge in [0.05, 0.1) is 23.8 Å². The summed E-state index contributed by atoms with van der Waals surface area (Å²) < 4.78 is 11.2. The van der Waals surface area contributed by atoms with Crippen LogP contribution < -0.4 is 10.6 Å². The number of rotatable bonds is 7. The molecule has 0 aliphatic rings. The SMILES string of the molecule is CCCNc1cncc(NCC(C)S(C)=O)c1. The Morgan fingerprint density at radius 1 is 1.35 bits per heavy atom. The molecule has 0 aromatic carbocycles. The van der Waals surface area contributed by atoms with Crippen molar-refractivity contribution in [1.82, 2.24) is 4.98 Å². The Kier molecular flexibility index (Phi) is 5.97. The molecular formula is C12H21N3OS. The van der Waals surface area contributed by atoms with E-state index in [0.29, 0.717) is 6.54 Å². The largest absolute Gasteiger partial charge is 0.384 e. The van der Waals surface area contributed by atoms with Crippen LogP contribution in [0.5, 0.6) is 0 Å². The molecule has 0 amide bonds. The normalized spacial score (nSPS) is 14.1. The van der Waals surface area contributed by atoms with Gasteiger partial charge in [0.1, 0.15) is 0 Å². The van der Waals surface area contributed by atoms with Gasteiger partial charge >= 0.3 is 0 Å². The van der Waals surface area contributed by atoms with Crippen LogP contribution in [0.15, 0.2) is 18.5 Å². The van der Waals surface area contributed by atoms with E-state index >= 15 is 0 Å². The van der Waals surface area contributed by atoms with Gasteiger partial charge in [-0.25, -0.2) is 0 Å². The summed E-state index contributed by atoms with van der Waals surface area (Å²) in [7, 11) is -0.793. The van der Waals surface area contributed by atoms with Gasteiger partial charge in [0.2, 0.25) is 0 Å². The van der Waals surface area contributed by atoms with Gasteiger partial charge in [-0.3, -0.25) is 9.19 Å². The minimum atomic E-state index is -0.793. The Bertz CT molecular complexity index is 371. The smallest absolute Gasteiger partial charge is 0.0547 e. The van der Waals surface area contributed by atoms with Crippen molar-refractivity contribution in [3.63, 3.8) is 0 Å². The van der Waals surface area contributed by atoms with Crippen LogP contribution in [0.3, 0.4) is 0 Å². The summed E-state index contributed by atoms with van der Waals surface area (Å²) in [6.45, 7) is 5.74. The zero-order valence-electron chi connectivity index (χ0n) is 10.7. The fraction of sp³-hybridized carbons (Fsp3) is 0.583. The van der Waals surface area contributed by atoms with Crippen molar-refractivity contribution in [2.75, 3.05) is 30.0 Å². The van der Waals surface area contributed by atoms with Crippen molar-refractivity contribution >= 4 is 22.2 Å². The first kappa shape index (κ1) is 14.0. The van der Waals surface area contributed by atoms with Crippen LogP contribution in [0.4, 0.5) is 11.4 Å². The minimum Gasteiger partial charge on any atom is -0.384 e. The maximum atomic E-state index is 11.2. The van der Waals surface area contributed by atoms with Gasteiger partial charge in [-0.15, -0.1) is 0 Å². The molecule has 0 saturated heterocycles. The van der Waals surface area contributed by atoms with Crippen molar-refractivity contribution in [2.45, 2.75) is 25.5 Å². The summed E-state index contributed by atoms with van der Waals surface area (Å²) in [4.78, 5) is 4.16. The van der Waals surface area contributed by atoms with Gasteiger partial charge in [-0.2, -0.15) is 0 Å². The lowest BCUT2D eigenvalue weighted by Crippen LogP contribution is -2.20. The summed E-state index contributed by atoms with van der Waals surface area (Å²) >= 11 is 0. The molecule has 0 bridgehead atoms. The molecule has 1 aromatic heterocycles. The van der Waals surface area contributed by atoms with Crippen LogP contribution in [0, 0.1) is 0 Å². The highest BCUT2D eigenvalue weighted by Crippen LogP contribution is 2.13. The highest BCUT2D eigenvalue weighted by atomic mass is 32.2. The third kappa shape index (κ3) is 5.17. The summed E-state index contributed by atoms with van der Waals surface area (Å²) in [5.74, 6) is 0. The Morgan fingerprint density at radius 3 is 2.59 bits per heavy atom. The molecule has 0 fully saturated rings. The number of nitrogens with zero attached hydrogens (tertiary/aromatic N) is 1. The highest BCUT2D eigenvalue weighted by Gasteiger charge is 2.05. The first-order chi connectivity index (χ1) is 8.13. The first-order valence-electron chi connectivity index (χ1n) is 5.88. The number of anilines is 2. The minimum absolute atomic E-state index is 0.141. The number of aromatic nitrogens is 1. The quantitative estimate of drug-likeness (QED) is 0.783. The predicted molar refractivity (Wildman–Crippen MR) is 75.0 cm³/mol. The second kappa shape index (κ2) is 7.27. The summed E-state index contributed by atoms with van der Waals surface area (Å²) in [5.41, 5.74) is 1.98. The molecule has 17 heavy (non-hydrogen) atoms. The summed E-state index contributed by atoms with van der Waals surface area (Å²) in [6, 6.07) is 2.02. The second-order valence-corrected chi connectivity index (χ2v) is 5.88. The average molecular weight is 255 g/mol. The van der Waals surface area contributed by atoms with Crippen LogP contribution in [-0.2, 0) is 10.8 Å². The molecule has 2 atom stereocenters. The lowest BCUT2D eigenvalue weighted by atomic mass is 10.3. The Hall–Kier alpha value is -1.10. The molecule has 0 spiro atoms. The van der Waals surface area contributed by atoms with Crippen molar-refractivity contribution in [3.8, 4) is 0 Å². The van der Waals surface area contributed by atoms with Crippen LogP contribution in [0.25, 0.3) is 0 Å². The number of nitrogens with one attached hydrogen (secondary N) is 2. The maximum absolute atomic E-state index is 11.2. The maximum Gasteiger partial charge on any atom is 0.0547 e. The van der Waals surface area contributed by atoms with Crippen LogP contribution in [-0.4, -0.2) is 33.8 Å². The second-order valence-electron chi connectivity index (χ2n) is 4.08. The molecule has 0 saturated carbocycles. The Morgan fingerprint density at radius 2 is 2.00 bits per heavy atom. The van der Waals surface area contributed by atoms with E-state index in [-0.39, 0.29) is 5.25 Å². The standard InChI is InChI=1S/C12H21N3OS/c1-4-5-14-11-6-12(9-13-8-11)15-7-10(2)17(3)16/h6,8-10,14-15H,4-5,7H2,1-3H3. The van der Waals surface area contributed by atoms with Gasteiger partial charge in [0, 0.05) is 35.4 Å². The van der Waals surface area contributed by atoms with E-state index in [9.17, 15) is 4.21 Å². The molecule has 2 N–H and O–H groups in total. The molecule has 0 radical (unpaired) electrons. The first-order valence-corrected chi connectivity index (χ1v) is 7.50. The monoisotopic (exact) mass is 255 g/mol. The molecule has 5 heteroatoms. The highest BCUT2D eigenvalue weighted by molar-refractivity contribution is 7.84. The van der Waals surface area contributed by atoms with Crippen molar-refractivity contribution in [2.24, 2.45) is 0 Å². The molecule has 1 aromatic rings. The third-order valence-corrected chi connectivity index (χ3v) is 3.78. The van der Waals surface area contributed by atoms with E-state index in [4.69, 9.17) is 0 Å². The Labute approximate surface area is 106 Å². The van der Waals surface area contributed by atoms with Crippen molar-refractivity contribution in [3.05, 3.63) is 18.5 Å². The molecule has 96 valence electrons. The number of hydrogen-bond acceptors (Lipinski definition) is 4.